The summed E-state index contributed by atoms with van der Waals surface area (Å²) in [6.07, 6.45) is 4.42. The number of H-pyrrole nitrogens is 1. The van der Waals surface area contributed by atoms with E-state index in [-0.39, 0.29) is 6.03 Å². The van der Waals surface area contributed by atoms with Crippen LogP contribution in [0.3, 0.4) is 0 Å². The third-order valence-corrected chi connectivity index (χ3v) is 5.16. The van der Waals surface area contributed by atoms with E-state index < -0.39 is 0 Å². The third-order valence-electron chi connectivity index (χ3n) is 5.16. The first kappa shape index (κ1) is 18.7. The Hall–Kier alpha value is -3.61. The maximum Gasteiger partial charge on any atom is 0.342 e. The highest BCUT2D eigenvalue weighted by Crippen LogP contribution is 2.23. The number of ether oxygens (including phenoxy) is 1. The van der Waals surface area contributed by atoms with Crippen molar-refractivity contribution in [3.63, 3.8) is 0 Å². The average Bonchev–Trinajstić information content (AvgIpc) is 3.28. The number of hydrogen-bond acceptors (Lipinski definition) is 4. The molecule has 148 valence electrons. The number of aromatic nitrogens is 4. The molecule has 0 saturated heterocycles. The van der Waals surface area contributed by atoms with Crippen LogP contribution in [-0.4, -0.2) is 32.9 Å². The van der Waals surface area contributed by atoms with Crippen LogP contribution in [0.1, 0.15) is 28.1 Å². The van der Waals surface area contributed by atoms with Crippen LogP contribution < -0.4 is 10.1 Å². The van der Waals surface area contributed by atoms with Gasteiger partial charge in [-0.05, 0) is 37.6 Å². The molecule has 0 bridgehead atoms. The van der Waals surface area contributed by atoms with Crippen molar-refractivity contribution in [1.29, 1.82) is 0 Å². The lowest BCUT2D eigenvalue weighted by molar-refractivity contribution is 0.238. The van der Waals surface area contributed by atoms with Crippen LogP contribution in [0.15, 0.2) is 48.8 Å². The Morgan fingerprint density at radius 3 is 2.83 bits per heavy atom. The van der Waals surface area contributed by atoms with Crippen molar-refractivity contribution in [2.75, 3.05) is 7.11 Å². The summed E-state index contributed by atoms with van der Waals surface area (Å²) in [4.78, 5) is 20.3. The second-order valence-corrected chi connectivity index (χ2v) is 6.92. The summed E-state index contributed by atoms with van der Waals surface area (Å²) in [5.74, 6) is 0.745. The van der Waals surface area contributed by atoms with Crippen molar-refractivity contribution in [2.24, 2.45) is 0 Å². The van der Waals surface area contributed by atoms with Gasteiger partial charge in [0.25, 0.3) is 0 Å². The van der Waals surface area contributed by atoms with Gasteiger partial charge in [0.15, 0.2) is 0 Å². The molecule has 0 fully saturated rings. The van der Waals surface area contributed by atoms with Gasteiger partial charge in [-0.1, -0.05) is 18.2 Å². The van der Waals surface area contributed by atoms with Crippen LogP contribution >= 0.6 is 0 Å². The fourth-order valence-corrected chi connectivity index (χ4v) is 3.57. The van der Waals surface area contributed by atoms with Crippen molar-refractivity contribution in [1.82, 2.24) is 25.1 Å². The zero-order valence-corrected chi connectivity index (χ0v) is 16.7. The van der Waals surface area contributed by atoms with Gasteiger partial charge in [0.2, 0.25) is 0 Å². The molecule has 0 aliphatic heterocycles. The molecule has 4 aromatic rings. The molecule has 0 aliphatic carbocycles. The standard InChI is InChI=1S/C22H23N5O2/c1-14-19(11-17-13-24-21-18(17)8-6-10-23-21)15(2)27(26-14)22(28)25-12-16-7-4-5-9-20(16)29-3/h4-10,13H,11-12H2,1-3H3,(H,23,24)(H,25,28). The Morgan fingerprint density at radius 1 is 1.17 bits per heavy atom. The predicted molar refractivity (Wildman–Crippen MR) is 111 cm³/mol. The smallest absolute Gasteiger partial charge is 0.342 e. The number of nitrogens with zero attached hydrogens (tertiary/aromatic N) is 3. The van der Waals surface area contributed by atoms with Crippen LogP contribution in [-0.2, 0) is 13.0 Å². The van der Waals surface area contributed by atoms with Crippen molar-refractivity contribution >= 4 is 17.1 Å². The minimum Gasteiger partial charge on any atom is -0.496 e. The molecule has 0 saturated carbocycles. The van der Waals surface area contributed by atoms with Gasteiger partial charge in [-0.25, -0.2) is 9.78 Å². The first-order chi connectivity index (χ1) is 14.1. The number of para-hydroxylation sites is 1. The molecule has 0 spiro atoms. The zero-order chi connectivity index (χ0) is 20.4. The molecule has 2 N–H and O–H groups in total. The minimum absolute atomic E-state index is 0.261. The normalized spacial score (nSPS) is 11.0. The van der Waals surface area contributed by atoms with E-state index in [1.54, 1.807) is 13.3 Å². The van der Waals surface area contributed by atoms with E-state index in [1.165, 1.54) is 4.68 Å². The van der Waals surface area contributed by atoms with Crippen molar-refractivity contribution in [2.45, 2.75) is 26.8 Å². The Bertz CT molecular complexity index is 1180. The van der Waals surface area contributed by atoms with E-state index in [9.17, 15) is 4.79 Å². The van der Waals surface area contributed by atoms with E-state index in [0.717, 1.165) is 44.9 Å². The zero-order valence-electron chi connectivity index (χ0n) is 16.7. The number of aromatic amines is 1. The van der Waals surface area contributed by atoms with E-state index in [0.29, 0.717) is 13.0 Å². The average molecular weight is 389 g/mol. The molecule has 7 nitrogen and oxygen atoms in total. The van der Waals surface area contributed by atoms with E-state index in [1.807, 2.05) is 56.4 Å². The number of pyridine rings is 1. The van der Waals surface area contributed by atoms with E-state index in [4.69, 9.17) is 4.74 Å². The third kappa shape index (κ3) is 3.59. The highest BCUT2D eigenvalue weighted by Gasteiger charge is 2.18. The number of carbonyl (C=O) groups excluding carboxylic acids is 1. The van der Waals surface area contributed by atoms with Crippen LogP contribution in [0.4, 0.5) is 4.79 Å². The highest BCUT2D eigenvalue weighted by atomic mass is 16.5. The number of amides is 1. The molecular weight excluding hydrogens is 366 g/mol. The maximum absolute atomic E-state index is 12.8. The number of carbonyl (C=O) groups is 1. The predicted octanol–water partition coefficient (Wildman–Crippen LogP) is 3.73. The summed E-state index contributed by atoms with van der Waals surface area (Å²) in [5, 5.41) is 8.48. The highest BCUT2D eigenvalue weighted by molar-refractivity contribution is 5.80. The van der Waals surface area contributed by atoms with Gasteiger partial charge in [0.05, 0.1) is 12.8 Å². The fourth-order valence-electron chi connectivity index (χ4n) is 3.57. The second-order valence-electron chi connectivity index (χ2n) is 6.92. The Kier molecular flexibility index (Phi) is 5.03. The molecule has 0 unspecified atom stereocenters. The van der Waals surface area contributed by atoms with Crippen molar-refractivity contribution < 1.29 is 9.53 Å². The number of hydrogen-bond donors (Lipinski definition) is 2. The van der Waals surface area contributed by atoms with Crippen LogP contribution in [0.5, 0.6) is 5.75 Å². The Balaban J connectivity index is 1.54. The van der Waals surface area contributed by atoms with Crippen molar-refractivity contribution in [3.05, 3.63) is 76.9 Å². The summed E-state index contributed by atoms with van der Waals surface area (Å²) in [6, 6.07) is 11.3. The van der Waals surface area contributed by atoms with Gasteiger partial charge < -0.3 is 15.0 Å². The summed E-state index contributed by atoms with van der Waals surface area (Å²) >= 11 is 0. The summed E-state index contributed by atoms with van der Waals surface area (Å²) in [5.41, 5.74) is 5.62. The summed E-state index contributed by atoms with van der Waals surface area (Å²) < 4.78 is 6.78. The first-order valence-corrected chi connectivity index (χ1v) is 9.44. The number of nitrogens with one attached hydrogen (secondary N) is 2. The monoisotopic (exact) mass is 389 g/mol. The van der Waals surface area contributed by atoms with Gasteiger partial charge in [-0.3, -0.25) is 0 Å². The molecule has 7 heteroatoms. The second kappa shape index (κ2) is 7.79. The van der Waals surface area contributed by atoms with Crippen LogP contribution in [0.25, 0.3) is 11.0 Å². The van der Waals surface area contributed by atoms with Crippen LogP contribution in [0, 0.1) is 13.8 Å². The SMILES string of the molecule is COc1ccccc1CNC(=O)n1nc(C)c(Cc2c[nH]c3ncccc23)c1C. The number of aryl methyl sites for hydroxylation is 1. The van der Waals surface area contributed by atoms with Gasteiger partial charge >= 0.3 is 6.03 Å². The lowest BCUT2D eigenvalue weighted by Crippen LogP contribution is -2.30. The molecule has 0 atom stereocenters. The first-order valence-electron chi connectivity index (χ1n) is 9.44. The summed E-state index contributed by atoms with van der Waals surface area (Å²) in [6.45, 7) is 4.22. The molecule has 3 aromatic heterocycles. The lowest BCUT2D eigenvalue weighted by atomic mass is 10.0. The number of rotatable bonds is 5. The van der Waals surface area contributed by atoms with Crippen molar-refractivity contribution in [3.8, 4) is 5.75 Å². The molecule has 0 aliphatic rings. The Labute approximate surface area is 168 Å². The lowest BCUT2D eigenvalue weighted by Gasteiger charge is -2.10. The molecule has 1 aromatic carbocycles. The molecule has 1 amide bonds. The van der Waals surface area contributed by atoms with Gasteiger partial charge in [-0.2, -0.15) is 9.78 Å². The minimum atomic E-state index is -0.261. The summed E-state index contributed by atoms with van der Waals surface area (Å²) in [7, 11) is 1.62. The van der Waals surface area contributed by atoms with Gasteiger partial charge in [-0.15, -0.1) is 0 Å². The molecule has 4 rings (SSSR count). The van der Waals surface area contributed by atoms with Gasteiger partial charge in [0, 0.05) is 47.6 Å². The number of methoxy groups -OCH3 is 1. The fraction of sp³-hybridized carbons (Fsp3) is 0.227. The molecule has 0 radical (unpaired) electrons. The number of benzene rings is 1. The number of fused-ring (bicyclic) bond motifs is 1. The molecule has 29 heavy (non-hydrogen) atoms. The molecule has 3 heterocycles. The molecular formula is C22H23N5O2. The van der Waals surface area contributed by atoms with E-state index >= 15 is 0 Å². The van der Waals surface area contributed by atoms with Gasteiger partial charge in [0.1, 0.15) is 11.4 Å². The van der Waals surface area contributed by atoms with Crippen LogP contribution in [0.2, 0.25) is 0 Å². The topological polar surface area (TPSA) is 84.8 Å². The maximum atomic E-state index is 12.8. The quantitative estimate of drug-likeness (QED) is 0.545. The largest absolute Gasteiger partial charge is 0.496 e. The van der Waals surface area contributed by atoms with E-state index in [2.05, 4.69) is 20.4 Å². The Morgan fingerprint density at radius 2 is 2.00 bits per heavy atom.